The van der Waals surface area contributed by atoms with Gasteiger partial charge in [-0.15, -0.1) is 11.3 Å². The second-order valence-corrected chi connectivity index (χ2v) is 16.1. The molecule has 0 unspecified atom stereocenters. The van der Waals surface area contributed by atoms with Crippen LogP contribution in [0.15, 0.2) is 218 Å². The third-order valence-electron chi connectivity index (χ3n) is 11.2. The Morgan fingerprint density at radius 3 is 1.47 bits per heavy atom. The first-order valence-electron chi connectivity index (χ1n) is 20.0. The molecule has 59 heavy (non-hydrogen) atoms. The maximum absolute atomic E-state index is 5.37. The fourth-order valence-electron chi connectivity index (χ4n) is 8.27. The number of aromatic nitrogens is 2. The molecule has 0 fully saturated rings. The van der Waals surface area contributed by atoms with Crippen LogP contribution >= 0.6 is 11.3 Å². The quantitative estimate of drug-likeness (QED) is 0.161. The molecule has 2 aromatic heterocycles. The minimum absolute atomic E-state index is 0.689. The molecule has 276 valence electrons. The van der Waals surface area contributed by atoms with Gasteiger partial charge in [-0.2, -0.15) is 0 Å². The molecular formula is C56H36N2S. The number of hydrogen-bond donors (Lipinski definition) is 0. The zero-order chi connectivity index (χ0) is 39.1. The van der Waals surface area contributed by atoms with Crippen LogP contribution in [0.4, 0.5) is 0 Å². The summed E-state index contributed by atoms with van der Waals surface area (Å²) in [4.78, 5) is 10.7. The molecule has 0 aliphatic heterocycles. The average molecular weight is 769 g/mol. The Hall–Kier alpha value is -7.46. The van der Waals surface area contributed by atoms with Crippen molar-refractivity contribution in [3.63, 3.8) is 0 Å². The van der Waals surface area contributed by atoms with Gasteiger partial charge >= 0.3 is 0 Å². The highest BCUT2D eigenvalue weighted by atomic mass is 32.1. The van der Waals surface area contributed by atoms with Crippen molar-refractivity contribution in [2.45, 2.75) is 0 Å². The fourth-order valence-corrected chi connectivity index (χ4v) is 9.51. The zero-order valence-electron chi connectivity index (χ0n) is 32.1. The summed E-state index contributed by atoms with van der Waals surface area (Å²) >= 11 is 1.86. The maximum Gasteiger partial charge on any atom is 0.160 e. The van der Waals surface area contributed by atoms with Crippen LogP contribution in [-0.2, 0) is 0 Å². The molecule has 0 aliphatic carbocycles. The molecule has 0 spiro atoms. The average Bonchev–Trinajstić information content (AvgIpc) is 3.71. The molecular weight excluding hydrogens is 733 g/mol. The lowest BCUT2D eigenvalue weighted by Gasteiger charge is -2.15. The first kappa shape index (κ1) is 34.8. The number of rotatable bonds is 7. The van der Waals surface area contributed by atoms with Crippen LogP contribution in [0, 0.1) is 0 Å². The van der Waals surface area contributed by atoms with Crippen molar-refractivity contribution in [3.8, 4) is 78.4 Å². The van der Waals surface area contributed by atoms with Crippen molar-refractivity contribution in [1.29, 1.82) is 0 Å². The summed E-state index contributed by atoms with van der Waals surface area (Å²) < 4.78 is 2.58. The highest BCUT2D eigenvalue weighted by Gasteiger charge is 2.17. The second-order valence-electron chi connectivity index (χ2n) is 15.0. The van der Waals surface area contributed by atoms with Gasteiger partial charge in [0.25, 0.3) is 0 Å². The van der Waals surface area contributed by atoms with Crippen LogP contribution in [0.3, 0.4) is 0 Å². The first-order valence-corrected chi connectivity index (χ1v) is 20.8. The summed E-state index contributed by atoms with van der Waals surface area (Å²) in [6.07, 6.45) is 0. The molecule has 3 heteroatoms. The van der Waals surface area contributed by atoms with E-state index in [-0.39, 0.29) is 0 Å². The van der Waals surface area contributed by atoms with E-state index in [4.69, 9.17) is 9.97 Å². The molecule has 0 atom stereocenters. The molecule has 0 N–H and O–H groups in total. The summed E-state index contributed by atoms with van der Waals surface area (Å²) in [6, 6.07) is 78.3. The predicted molar refractivity (Wildman–Crippen MR) is 250 cm³/mol. The van der Waals surface area contributed by atoms with Gasteiger partial charge in [-0.3, -0.25) is 0 Å². The Morgan fingerprint density at radius 2 is 0.797 bits per heavy atom. The van der Waals surface area contributed by atoms with Gasteiger partial charge in [0.1, 0.15) is 0 Å². The van der Waals surface area contributed by atoms with Crippen molar-refractivity contribution in [1.82, 2.24) is 9.97 Å². The van der Waals surface area contributed by atoms with E-state index in [1.165, 1.54) is 36.5 Å². The highest BCUT2D eigenvalue weighted by molar-refractivity contribution is 7.26. The van der Waals surface area contributed by atoms with Crippen LogP contribution < -0.4 is 0 Å². The number of fused-ring (bicyclic) bond motifs is 4. The summed E-state index contributed by atoms with van der Waals surface area (Å²) in [7, 11) is 0. The third-order valence-corrected chi connectivity index (χ3v) is 12.4. The Bertz CT molecular complexity index is 3260. The van der Waals surface area contributed by atoms with E-state index in [0.29, 0.717) is 5.82 Å². The number of nitrogens with zero attached hydrogens (tertiary/aromatic N) is 2. The minimum Gasteiger partial charge on any atom is -0.228 e. The maximum atomic E-state index is 5.37. The number of thiophene rings is 1. The Labute approximate surface area is 347 Å². The topological polar surface area (TPSA) is 25.8 Å². The van der Waals surface area contributed by atoms with E-state index in [9.17, 15) is 0 Å². The van der Waals surface area contributed by atoms with Gasteiger partial charge in [-0.05, 0) is 110 Å². The molecule has 0 saturated heterocycles. The standard InChI is InChI=1S/C56H36N2S/c1-4-15-37(16-5-1)43-30-44(38-17-6-2-7-18-38)33-47(32-43)52-36-53(58-56(57-52)40-20-8-3-9-21-40)48-34-45(42-28-27-39-19-10-11-22-41(39)29-42)31-46(35-48)49-24-14-25-51-50-23-12-13-26-54(50)59-55(49)51/h1-36H. The monoisotopic (exact) mass is 768 g/mol. The molecule has 2 nitrogen and oxygen atoms in total. The SMILES string of the molecule is c1ccc(-c2cc(-c3ccccc3)cc(-c3cc(-c4cc(-c5ccc6ccccc6c5)cc(-c5cccc6c5sc5ccccc56)c4)nc(-c4ccccc4)n3)c2)cc1. The van der Waals surface area contributed by atoms with Crippen molar-refractivity contribution in [2.75, 3.05) is 0 Å². The molecule has 9 aromatic carbocycles. The van der Waals surface area contributed by atoms with E-state index in [2.05, 4.69) is 212 Å². The predicted octanol–water partition coefficient (Wildman–Crippen LogP) is 15.7. The fraction of sp³-hybridized carbons (Fsp3) is 0. The smallest absolute Gasteiger partial charge is 0.160 e. The van der Waals surface area contributed by atoms with E-state index < -0.39 is 0 Å². The summed E-state index contributed by atoms with van der Waals surface area (Å²) in [5.41, 5.74) is 14.0. The highest BCUT2D eigenvalue weighted by Crippen LogP contribution is 2.43. The Morgan fingerprint density at radius 1 is 0.288 bits per heavy atom. The zero-order valence-corrected chi connectivity index (χ0v) is 32.9. The lowest BCUT2D eigenvalue weighted by atomic mass is 9.92. The number of benzene rings is 9. The van der Waals surface area contributed by atoms with Crippen LogP contribution in [-0.4, -0.2) is 9.97 Å². The van der Waals surface area contributed by atoms with Gasteiger partial charge in [0, 0.05) is 36.9 Å². The molecule has 11 rings (SSSR count). The van der Waals surface area contributed by atoms with Crippen molar-refractivity contribution >= 4 is 42.3 Å². The largest absolute Gasteiger partial charge is 0.228 e. The van der Waals surface area contributed by atoms with Crippen LogP contribution in [0.2, 0.25) is 0 Å². The normalized spacial score (nSPS) is 11.4. The minimum atomic E-state index is 0.689. The van der Waals surface area contributed by atoms with Crippen LogP contribution in [0.25, 0.3) is 109 Å². The summed E-state index contributed by atoms with van der Waals surface area (Å²) in [5, 5.41) is 5.01. The lowest BCUT2D eigenvalue weighted by molar-refractivity contribution is 1.18. The second kappa shape index (κ2) is 14.8. The van der Waals surface area contributed by atoms with Gasteiger partial charge in [0.2, 0.25) is 0 Å². The third kappa shape index (κ3) is 6.68. The molecule has 0 radical (unpaired) electrons. The molecule has 0 amide bonds. The van der Waals surface area contributed by atoms with Gasteiger partial charge in [0.15, 0.2) is 5.82 Å². The van der Waals surface area contributed by atoms with Gasteiger partial charge in [-0.25, -0.2) is 9.97 Å². The van der Waals surface area contributed by atoms with Gasteiger partial charge in [0.05, 0.1) is 11.4 Å². The van der Waals surface area contributed by atoms with Crippen LogP contribution in [0.1, 0.15) is 0 Å². The molecule has 2 heterocycles. The number of hydrogen-bond acceptors (Lipinski definition) is 3. The van der Waals surface area contributed by atoms with Gasteiger partial charge < -0.3 is 0 Å². The van der Waals surface area contributed by atoms with E-state index >= 15 is 0 Å². The molecule has 11 aromatic rings. The molecule has 0 aliphatic rings. The van der Waals surface area contributed by atoms with Crippen molar-refractivity contribution < 1.29 is 0 Å². The summed E-state index contributed by atoms with van der Waals surface area (Å²) in [5.74, 6) is 0.689. The first-order chi connectivity index (χ1) is 29.2. The van der Waals surface area contributed by atoms with E-state index in [1.54, 1.807) is 0 Å². The molecule has 0 bridgehead atoms. The van der Waals surface area contributed by atoms with Crippen molar-refractivity contribution in [2.24, 2.45) is 0 Å². The van der Waals surface area contributed by atoms with E-state index in [0.717, 1.165) is 67.0 Å². The van der Waals surface area contributed by atoms with Gasteiger partial charge in [-0.1, -0.05) is 164 Å². The summed E-state index contributed by atoms with van der Waals surface area (Å²) in [6.45, 7) is 0. The lowest BCUT2D eigenvalue weighted by Crippen LogP contribution is -1.97. The van der Waals surface area contributed by atoms with E-state index in [1.807, 2.05) is 17.4 Å². The van der Waals surface area contributed by atoms with Crippen LogP contribution in [0.5, 0.6) is 0 Å². The van der Waals surface area contributed by atoms with Crippen molar-refractivity contribution in [3.05, 3.63) is 218 Å². The Balaban J connectivity index is 1.16. The molecule has 0 saturated carbocycles. The Kier molecular flexibility index (Phi) is 8.72.